The van der Waals surface area contributed by atoms with Gasteiger partial charge in [-0.25, -0.2) is 0 Å². The summed E-state index contributed by atoms with van der Waals surface area (Å²) in [5.41, 5.74) is 1.38. The molecule has 1 nitrogen and oxygen atoms in total. The first-order valence-electron chi connectivity index (χ1n) is 5.99. The number of ether oxygens (including phenoxy) is 1. The lowest BCUT2D eigenvalue weighted by Gasteiger charge is -2.00. The largest absolute Gasteiger partial charge is 0.497 e. The zero-order valence-corrected chi connectivity index (χ0v) is 11.1. The van der Waals surface area contributed by atoms with Crippen LogP contribution < -0.4 is 4.74 Å². The van der Waals surface area contributed by atoms with Crippen molar-refractivity contribution < 1.29 is 4.74 Å². The lowest BCUT2D eigenvalue weighted by atomic mass is 10.1. The van der Waals surface area contributed by atoms with Crippen LogP contribution in [0.1, 0.15) is 46.6 Å². The molecule has 0 bridgehead atoms. The number of hydrogen-bond donors (Lipinski definition) is 0. The van der Waals surface area contributed by atoms with Gasteiger partial charge in [-0.3, -0.25) is 0 Å². The highest BCUT2D eigenvalue weighted by Gasteiger charge is 1.91. The third-order valence-corrected chi connectivity index (χ3v) is 1.70. The number of hydrogen-bond acceptors (Lipinski definition) is 1. The van der Waals surface area contributed by atoms with Gasteiger partial charge in [0, 0.05) is 0 Å². The van der Waals surface area contributed by atoms with Crippen molar-refractivity contribution in [2.24, 2.45) is 0 Å². The van der Waals surface area contributed by atoms with Gasteiger partial charge in [0.05, 0.1) is 7.11 Å². The summed E-state index contributed by atoms with van der Waals surface area (Å²) < 4.78 is 5.05. The summed E-state index contributed by atoms with van der Waals surface area (Å²) in [6, 6.07) is 8.24. The van der Waals surface area contributed by atoms with Crippen molar-refractivity contribution in [3.05, 3.63) is 29.8 Å². The Bertz CT molecular complexity index is 201. The number of aryl methyl sites for hydroxylation is 1. The van der Waals surface area contributed by atoms with Crippen molar-refractivity contribution in [1.82, 2.24) is 0 Å². The second kappa shape index (κ2) is 13.0. The Morgan fingerprint density at radius 2 is 1.40 bits per heavy atom. The summed E-state index contributed by atoms with van der Waals surface area (Å²) in [7, 11) is 1.69. The molecule has 0 fully saturated rings. The van der Waals surface area contributed by atoms with Crippen molar-refractivity contribution in [3.8, 4) is 5.75 Å². The van der Waals surface area contributed by atoms with E-state index in [-0.39, 0.29) is 0 Å². The van der Waals surface area contributed by atoms with Crippen molar-refractivity contribution in [1.29, 1.82) is 0 Å². The molecule has 0 N–H and O–H groups in total. The van der Waals surface area contributed by atoms with Gasteiger partial charge in [0.1, 0.15) is 5.75 Å². The molecule has 0 saturated heterocycles. The molecule has 1 aromatic rings. The molecule has 0 spiro atoms. The van der Waals surface area contributed by atoms with Gasteiger partial charge in [0.2, 0.25) is 0 Å². The van der Waals surface area contributed by atoms with Gasteiger partial charge in [0.15, 0.2) is 0 Å². The minimum Gasteiger partial charge on any atom is -0.497 e. The fraction of sp³-hybridized carbons (Fsp3) is 0.571. The summed E-state index contributed by atoms with van der Waals surface area (Å²) >= 11 is 0. The molecule has 0 aromatic heterocycles. The minimum absolute atomic E-state index is 0.935. The van der Waals surface area contributed by atoms with E-state index in [0.29, 0.717) is 0 Å². The van der Waals surface area contributed by atoms with E-state index in [2.05, 4.69) is 19.1 Å². The molecule has 0 atom stereocenters. The van der Waals surface area contributed by atoms with Crippen LogP contribution in [0.15, 0.2) is 24.3 Å². The lowest BCUT2D eigenvalue weighted by molar-refractivity contribution is 0.414. The standard InChI is InChI=1S/C10H14O.2C2H6/c1-3-4-9-5-7-10(11-2)8-6-9;2*1-2/h5-8H,3-4H2,1-2H3;2*1-2H3. The quantitative estimate of drug-likeness (QED) is 0.702. The highest BCUT2D eigenvalue weighted by Crippen LogP contribution is 2.11. The lowest BCUT2D eigenvalue weighted by Crippen LogP contribution is -1.84. The summed E-state index contributed by atoms with van der Waals surface area (Å²) in [6.07, 6.45) is 2.36. The highest BCUT2D eigenvalue weighted by atomic mass is 16.5. The first-order chi connectivity index (χ1) is 7.36. The van der Waals surface area contributed by atoms with Crippen molar-refractivity contribution in [2.45, 2.75) is 47.5 Å². The molecule has 1 aromatic carbocycles. The molecule has 88 valence electrons. The van der Waals surface area contributed by atoms with Crippen LogP contribution in [0.4, 0.5) is 0 Å². The number of methoxy groups -OCH3 is 1. The predicted octanol–water partition coefficient (Wildman–Crippen LogP) is 4.70. The van der Waals surface area contributed by atoms with Crippen molar-refractivity contribution in [3.63, 3.8) is 0 Å². The Kier molecular flexibility index (Phi) is 14.3. The van der Waals surface area contributed by atoms with E-state index in [1.807, 2.05) is 39.8 Å². The Morgan fingerprint density at radius 3 is 1.73 bits per heavy atom. The minimum atomic E-state index is 0.935. The van der Waals surface area contributed by atoms with E-state index in [9.17, 15) is 0 Å². The summed E-state index contributed by atoms with van der Waals surface area (Å²) in [5, 5.41) is 0. The summed E-state index contributed by atoms with van der Waals surface area (Å²) in [5.74, 6) is 0.935. The van der Waals surface area contributed by atoms with E-state index in [0.717, 1.165) is 12.2 Å². The molecular weight excluding hydrogens is 184 g/mol. The second-order valence-electron chi connectivity index (χ2n) is 2.60. The molecule has 1 rings (SSSR count). The van der Waals surface area contributed by atoms with Crippen LogP contribution >= 0.6 is 0 Å². The van der Waals surface area contributed by atoms with Crippen molar-refractivity contribution >= 4 is 0 Å². The normalized spacial score (nSPS) is 7.87. The summed E-state index contributed by atoms with van der Waals surface area (Å²) in [6.45, 7) is 10.2. The molecule has 0 aliphatic carbocycles. The molecule has 0 saturated carbocycles. The highest BCUT2D eigenvalue weighted by molar-refractivity contribution is 5.27. The fourth-order valence-corrected chi connectivity index (χ4v) is 1.08. The van der Waals surface area contributed by atoms with E-state index in [4.69, 9.17) is 4.74 Å². The topological polar surface area (TPSA) is 9.23 Å². The molecule has 0 radical (unpaired) electrons. The van der Waals surface area contributed by atoms with Gasteiger partial charge in [-0.1, -0.05) is 53.2 Å². The SMILES string of the molecule is CC.CC.CCCc1ccc(OC)cc1. The van der Waals surface area contributed by atoms with Crippen LogP contribution in [0.3, 0.4) is 0 Å². The zero-order valence-electron chi connectivity index (χ0n) is 11.1. The van der Waals surface area contributed by atoms with Crippen LogP contribution in [0.2, 0.25) is 0 Å². The van der Waals surface area contributed by atoms with Crippen LogP contribution in [-0.2, 0) is 6.42 Å². The van der Waals surface area contributed by atoms with Gasteiger partial charge in [-0.05, 0) is 24.1 Å². The average Bonchev–Trinajstić information content (AvgIpc) is 2.36. The fourth-order valence-electron chi connectivity index (χ4n) is 1.08. The van der Waals surface area contributed by atoms with Gasteiger partial charge in [-0.2, -0.15) is 0 Å². The van der Waals surface area contributed by atoms with Crippen LogP contribution in [0, 0.1) is 0 Å². The average molecular weight is 210 g/mol. The van der Waals surface area contributed by atoms with Crippen LogP contribution in [-0.4, -0.2) is 7.11 Å². The maximum absolute atomic E-state index is 5.05. The van der Waals surface area contributed by atoms with Gasteiger partial charge in [0.25, 0.3) is 0 Å². The first-order valence-corrected chi connectivity index (χ1v) is 5.99. The number of benzene rings is 1. The molecule has 0 amide bonds. The molecule has 1 heteroatoms. The molecule has 15 heavy (non-hydrogen) atoms. The van der Waals surface area contributed by atoms with Crippen LogP contribution in [0.5, 0.6) is 5.75 Å². The maximum Gasteiger partial charge on any atom is 0.118 e. The first kappa shape index (κ1) is 16.4. The maximum atomic E-state index is 5.05. The van der Waals surface area contributed by atoms with Gasteiger partial charge >= 0.3 is 0 Å². The third-order valence-electron chi connectivity index (χ3n) is 1.70. The number of rotatable bonds is 3. The third kappa shape index (κ3) is 8.04. The summed E-state index contributed by atoms with van der Waals surface area (Å²) in [4.78, 5) is 0. The van der Waals surface area contributed by atoms with Crippen LogP contribution in [0.25, 0.3) is 0 Å². The Hall–Kier alpha value is -0.980. The Morgan fingerprint density at radius 1 is 0.933 bits per heavy atom. The molecule has 0 heterocycles. The smallest absolute Gasteiger partial charge is 0.118 e. The zero-order chi connectivity index (χ0) is 12.1. The monoisotopic (exact) mass is 210 g/mol. The molecule has 0 aliphatic rings. The van der Waals surface area contributed by atoms with Gasteiger partial charge < -0.3 is 4.74 Å². The van der Waals surface area contributed by atoms with E-state index in [1.54, 1.807) is 7.11 Å². The Balaban J connectivity index is 0. The van der Waals surface area contributed by atoms with E-state index >= 15 is 0 Å². The van der Waals surface area contributed by atoms with Gasteiger partial charge in [-0.15, -0.1) is 0 Å². The predicted molar refractivity (Wildman–Crippen MR) is 69.7 cm³/mol. The second-order valence-corrected chi connectivity index (χ2v) is 2.60. The Labute approximate surface area is 95.5 Å². The van der Waals surface area contributed by atoms with Crippen molar-refractivity contribution in [2.75, 3.05) is 7.11 Å². The molecule has 0 unspecified atom stereocenters. The molecule has 0 aliphatic heterocycles. The van der Waals surface area contributed by atoms with E-state index in [1.165, 1.54) is 12.0 Å². The molecular formula is C14H26O. The van der Waals surface area contributed by atoms with E-state index < -0.39 is 0 Å².